The Bertz CT molecular complexity index is 2860. The van der Waals surface area contributed by atoms with Crippen LogP contribution in [-0.2, 0) is 5.41 Å². The lowest BCUT2D eigenvalue weighted by molar-refractivity contribution is 0.437. The second kappa shape index (κ2) is 12.9. The molecule has 3 heteroatoms. The standard InChI is InChI=1S/C53H36N2O/c1-4-20-38(21-5-1)54(39-22-6-2-7-23-39)50-32-17-30-48-52(50)56-51-33-15-14-29-47(51)53(48)45-28-13-12-27-43(45)44-36-41(34-35-46(44)53)55(40-24-8-3-9-25-40)49-31-16-19-37-18-10-11-26-42(37)49/h1-36H. The third-order valence-electron chi connectivity index (χ3n) is 11.5. The first-order valence-corrected chi connectivity index (χ1v) is 19.2. The van der Waals surface area contributed by atoms with Gasteiger partial charge in [0, 0.05) is 39.3 Å². The average molecular weight is 717 g/mol. The number of rotatable bonds is 6. The van der Waals surface area contributed by atoms with Gasteiger partial charge in [-0.3, -0.25) is 0 Å². The van der Waals surface area contributed by atoms with Crippen LogP contribution in [0.3, 0.4) is 0 Å². The molecule has 3 nitrogen and oxygen atoms in total. The van der Waals surface area contributed by atoms with E-state index in [4.69, 9.17) is 4.74 Å². The molecule has 0 saturated carbocycles. The van der Waals surface area contributed by atoms with Gasteiger partial charge in [-0.25, -0.2) is 0 Å². The first kappa shape index (κ1) is 32.1. The Kier molecular flexibility index (Phi) is 7.39. The number of ether oxygens (including phenoxy) is 1. The van der Waals surface area contributed by atoms with Crippen molar-refractivity contribution in [3.8, 4) is 22.6 Å². The lowest BCUT2D eigenvalue weighted by Gasteiger charge is -2.41. The molecule has 1 spiro atoms. The number of fused-ring (bicyclic) bond motifs is 10. The largest absolute Gasteiger partial charge is 0.454 e. The molecular weight excluding hydrogens is 681 g/mol. The predicted octanol–water partition coefficient (Wildman–Crippen LogP) is 14.2. The zero-order chi connectivity index (χ0) is 37.1. The van der Waals surface area contributed by atoms with Crippen LogP contribution in [0.5, 0.6) is 11.5 Å². The summed E-state index contributed by atoms with van der Waals surface area (Å²) in [4.78, 5) is 4.71. The second-order valence-electron chi connectivity index (χ2n) is 14.5. The van der Waals surface area contributed by atoms with Crippen molar-refractivity contribution in [1.82, 2.24) is 0 Å². The van der Waals surface area contributed by atoms with Crippen molar-refractivity contribution >= 4 is 44.9 Å². The summed E-state index contributed by atoms with van der Waals surface area (Å²) in [7, 11) is 0. The van der Waals surface area contributed by atoms with Crippen LogP contribution in [-0.4, -0.2) is 0 Å². The number of para-hydroxylation sites is 5. The van der Waals surface area contributed by atoms with E-state index < -0.39 is 5.41 Å². The van der Waals surface area contributed by atoms with Crippen LogP contribution in [0, 0.1) is 0 Å². The molecule has 264 valence electrons. The van der Waals surface area contributed by atoms with E-state index in [1.54, 1.807) is 0 Å². The fourth-order valence-corrected chi connectivity index (χ4v) is 9.20. The van der Waals surface area contributed by atoms with E-state index in [0.717, 1.165) is 56.8 Å². The van der Waals surface area contributed by atoms with E-state index in [1.807, 2.05) is 0 Å². The average Bonchev–Trinajstić information content (AvgIpc) is 3.55. The molecule has 0 radical (unpaired) electrons. The third-order valence-corrected chi connectivity index (χ3v) is 11.5. The normalized spacial score (nSPS) is 14.6. The monoisotopic (exact) mass is 716 g/mol. The minimum atomic E-state index is -0.624. The zero-order valence-electron chi connectivity index (χ0n) is 30.6. The molecule has 2 aliphatic rings. The highest BCUT2D eigenvalue weighted by atomic mass is 16.5. The van der Waals surface area contributed by atoms with Crippen LogP contribution < -0.4 is 14.5 Å². The fraction of sp³-hybridized carbons (Fsp3) is 0.0189. The van der Waals surface area contributed by atoms with Crippen molar-refractivity contribution in [2.75, 3.05) is 9.80 Å². The lowest BCUT2D eigenvalue weighted by Crippen LogP contribution is -2.32. The summed E-state index contributed by atoms with van der Waals surface area (Å²) in [5, 5.41) is 2.42. The molecule has 0 N–H and O–H groups in total. The van der Waals surface area contributed by atoms with Crippen LogP contribution >= 0.6 is 0 Å². The van der Waals surface area contributed by atoms with Crippen molar-refractivity contribution < 1.29 is 4.74 Å². The number of anilines is 6. The van der Waals surface area contributed by atoms with Crippen molar-refractivity contribution in [1.29, 1.82) is 0 Å². The lowest BCUT2D eigenvalue weighted by atomic mass is 9.66. The summed E-state index contributed by atoms with van der Waals surface area (Å²) < 4.78 is 7.12. The summed E-state index contributed by atoms with van der Waals surface area (Å²) in [6, 6.07) is 78.4. The molecule has 0 amide bonds. The van der Waals surface area contributed by atoms with Gasteiger partial charge in [-0.1, -0.05) is 152 Å². The Morgan fingerprint density at radius 2 is 0.857 bits per heavy atom. The topological polar surface area (TPSA) is 15.7 Å². The summed E-state index contributed by atoms with van der Waals surface area (Å²) in [5.74, 6) is 1.72. The second-order valence-corrected chi connectivity index (χ2v) is 14.5. The fourth-order valence-electron chi connectivity index (χ4n) is 9.20. The molecule has 56 heavy (non-hydrogen) atoms. The van der Waals surface area contributed by atoms with Crippen molar-refractivity contribution in [3.05, 3.63) is 241 Å². The van der Waals surface area contributed by atoms with Crippen LogP contribution in [0.2, 0.25) is 0 Å². The van der Waals surface area contributed by atoms with Crippen molar-refractivity contribution in [3.63, 3.8) is 0 Å². The molecule has 0 bridgehead atoms. The third kappa shape index (κ3) is 4.77. The molecule has 1 atom stereocenters. The maximum absolute atomic E-state index is 7.12. The molecule has 1 unspecified atom stereocenters. The summed E-state index contributed by atoms with van der Waals surface area (Å²) in [6.07, 6.45) is 0. The number of benzene rings is 9. The Morgan fingerprint density at radius 3 is 1.59 bits per heavy atom. The highest BCUT2D eigenvalue weighted by Gasteiger charge is 2.52. The molecule has 9 aromatic carbocycles. The predicted molar refractivity (Wildman–Crippen MR) is 231 cm³/mol. The van der Waals surface area contributed by atoms with Crippen LogP contribution in [0.4, 0.5) is 34.1 Å². The first-order chi connectivity index (χ1) is 27.8. The minimum absolute atomic E-state index is 0.624. The van der Waals surface area contributed by atoms with Gasteiger partial charge in [-0.2, -0.15) is 0 Å². The van der Waals surface area contributed by atoms with Crippen LogP contribution in [0.1, 0.15) is 22.3 Å². The van der Waals surface area contributed by atoms with Gasteiger partial charge in [0.05, 0.1) is 16.8 Å². The van der Waals surface area contributed by atoms with E-state index in [9.17, 15) is 0 Å². The van der Waals surface area contributed by atoms with Gasteiger partial charge in [0.15, 0.2) is 5.75 Å². The van der Waals surface area contributed by atoms with E-state index in [1.165, 1.54) is 33.0 Å². The number of hydrogen-bond acceptors (Lipinski definition) is 3. The molecule has 1 heterocycles. The van der Waals surface area contributed by atoms with Crippen LogP contribution in [0.25, 0.3) is 21.9 Å². The molecule has 1 aliphatic carbocycles. The maximum Gasteiger partial charge on any atom is 0.156 e. The van der Waals surface area contributed by atoms with Crippen LogP contribution in [0.15, 0.2) is 218 Å². The van der Waals surface area contributed by atoms with Gasteiger partial charge in [0.2, 0.25) is 0 Å². The van der Waals surface area contributed by atoms with E-state index >= 15 is 0 Å². The molecule has 1 aliphatic heterocycles. The van der Waals surface area contributed by atoms with Gasteiger partial charge in [0.1, 0.15) is 5.75 Å². The van der Waals surface area contributed by atoms with E-state index in [2.05, 4.69) is 228 Å². The molecule has 9 aromatic rings. The Hall–Kier alpha value is -7.36. The van der Waals surface area contributed by atoms with Gasteiger partial charge in [-0.15, -0.1) is 0 Å². The van der Waals surface area contributed by atoms with Gasteiger partial charge in [-0.05, 0) is 94.4 Å². The highest BCUT2D eigenvalue weighted by molar-refractivity contribution is 6.00. The molecular formula is C53H36N2O. The maximum atomic E-state index is 7.12. The summed E-state index contributed by atoms with van der Waals surface area (Å²) in [6.45, 7) is 0. The Morgan fingerprint density at radius 1 is 0.339 bits per heavy atom. The number of hydrogen-bond donors (Lipinski definition) is 0. The quantitative estimate of drug-likeness (QED) is 0.170. The SMILES string of the molecule is c1ccc(N(c2ccccc2)c2cccc3c2Oc2ccccc2C32c3ccccc3-c3cc(N(c4ccccc4)c4cccc5ccccc45)ccc32)cc1. The minimum Gasteiger partial charge on any atom is -0.454 e. The van der Waals surface area contributed by atoms with Crippen molar-refractivity contribution in [2.45, 2.75) is 5.41 Å². The summed E-state index contributed by atoms with van der Waals surface area (Å²) >= 11 is 0. The first-order valence-electron chi connectivity index (χ1n) is 19.2. The van der Waals surface area contributed by atoms with Gasteiger partial charge in [0.25, 0.3) is 0 Å². The Balaban J connectivity index is 1.18. The number of nitrogens with zero attached hydrogens (tertiary/aromatic N) is 2. The molecule has 11 rings (SSSR count). The van der Waals surface area contributed by atoms with E-state index in [-0.39, 0.29) is 0 Å². The highest BCUT2D eigenvalue weighted by Crippen LogP contribution is 2.64. The smallest absolute Gasteiger partial charge is 0.156 e. The van der Waals surface area contributed by atoms with Crippen molar-refractivity contribution in [2.24, 2.45) is 0 Å². The summed E-state index contributed by atoms with van der Waals surface area (Å²) in [5.41, 5.74) is 13.1. The molecule has 0 saturated heterocycles. The van der Waals surface area contributed by atoms with E-state index in [0.29, 0.717) is 0 Å². The molecule has 0 fully saturated rings. The van der Waals surface area contributed by atoms with Gasteiger partial charge < -0.3 is 14.5 Å². The zero-order valence-corrected chi connectivity index (χ0v) is 30.6. The molecule has 0 aromatic heterocycles. The Labute approximate surface area is 326 Å². The van der Waals surface area contributed by atoms with Gasteiger partial charge >= 0.3 is 0 Å².